The van der Waals surface area contributed by atoms with E-state index in [4.69, 9.17) is 5.73 Å². The van der Waals surface area contributed by atoms with Gasteiger partial charge in [-0.3, -0.25) is 9.00 Å². The lowest BCUT2D eigenvalue weighted by atomic mass is 10.3. The van der Waals surface area contributed by atoms with Crippen molar-refractivity contribution in [1.82, 2.24) is 4.98 Å². The summed E-state index contributed by atoms with van der Waals surface area (Å²) in [5.41, 5.74) is 7.18. The molecule has 0 aliphatic carbocycles. The fourth-order valence-electron chi connectivity index (χ4n) is 1.82. The molecule has 0 saturated heterocycles. The highest BCUT2D eigenvalue weighted by molar-refractivity contribution is 7.87. The first kappa shape index (κ1) is 15.9. The second-order valence-electron chi connectivity index (χ2n) is 4.93. The van der Waals surface area contributed by atoms with Crippen molar-refractivity contribution in [2.24, 2.45) is 0 Å². The lowest BCUT2D eigenvalue weighted by molar-refractivity contribution is -0.115. The average Bonchev–Trinajstić information content (AvgIpc) is 2.85. The lowest BCUT2D eigenvalue weighted by Gasteiger charge is -2.14. The van der Waals surface area contributed by atoms with Gasteiger partial charge in [-0.1, -0.05) is 25.2 Å². The molecule has 0 fully saturated rings. The number of nitrogens with two attached hydrogens (primary N) is 1. The highest BCUT2D eigenvalue weighted by Gasteiger charge is 2.24. The molecular weight excluding hydrogens is 306 g/mol. The summed E-state index contributed by atoms with van der Waals surface area (Å²) in [7, 11) is -1.19. The van der Waals surface area contributed by atoms with Crippen molar-refractivity contribution >= 4 is 49.1 Å². The van der Waals surface area contributed by atoms with Crippen LogP contribution in [0.1, 0.15) is 27.2 Å². The first-order chi connectivity index (χ1) is 9.92. The van der Waals surface area contributed by atoms with Crippen LogP contribution in [0.15, 0.2) is 18.2 Å². The summed E-state index contributed by atoms with van der Waals surface area (Å²) in [6.45, 7) is 5.54. The predicted octanol–water partition coefficient (Wildman–Crippen LogP) is 2.75. The third-order valence-electron chi connectivity index (χ3n) is 3.33. The van der Waals surface area contributed by atoms with Crippen LogP contribution in [0.3, 0.4) is 0 Å². The summed E-state index contributed by atoms with van der Waals surface area (Å²) in [6, 6.07) is 5.41. The van der Waals surface area contributed by atoms with Crippen molar-refractivity contribution in [2.45, 2.75) is 37.7 Å². The molecule has 0 bridgehead atoms. The molecule has 1 heterocycles. The highest BCUT2D eigenvalue weighted by atomic mass is 32.2. The van der Waals surface area contributed by atoms with Crippen LogP contribution in [-0.4, -0.2) is 25.6 Å². The number of fused-ring (bicyclic) bond motifs is 1. The van der Waals surface area contributed by atoms with Crippen LogP contribution >= 0.6 is 11.3 Å². The number of hydrogen-bond donors (Lipinski definition) is 2. The van der Waals surface area contributed by atoms with Crippen LogP contribution in [0.25, 0.3) is 10.2 Å². The molecule has 2 aromatic rings. The Balaban J connectivity index is 2.12. The van der Waals surface area contributed by atoms with Crippen LogP contribution in [0.5, 0.6) is 0 Å². The van der Waals surface area contributed by atoms with Gasteiger partial charge in [0.05, 0.1) is 10.2 Å². The first-order valence-electron chi connectivity index (χ1n) is 6.78. The smallest absolute Gasteiger partial charge is 0.241 e. The SMILES string of the molecule is CCC(C)S(=O)C(C)C(=O)Nc1nc2ccc(N)cc2s1. The van der Waals surface area contributed by atoms with E-state index in [0.717, 1.165) is 16.6 Å². The molecule has 1 aromatic carbocycles. The van der Waals surface area contributed by atoms with Gasteiger partial charge in [0.15, 0.2) is 5.13 Å². The lowest BCUT2D eigenvalue weighted by Crippen LogP contribution is -2.33. The van der Waals surface area contributed by atoms with Gasteiger partial charge in [0.2, 0.25) is 5.91 Å². The molecule has 0 saturated carbocycles. The Bertz CT molecular complexity index is 684. The summed E-state index contributed by atoms with van der Waals surface area (Å²) in [4.78, 5) is 16.5. The Morgan fingerprint density at radius 1 is 1.48 bits per heavy atom. The Labute approximate surface area is 130 Å². The third-order valence-corrected chi connectivity index (χ3v) is 6.30. The van der Waals surface area contributed by atoms with Gasteiger partial charge in [0.1, 0.15) is 5.25 Å². The van der Waals surface area contributed by atoms with Crippen LogP contribution < -0.4 is 11.1 Å². The topological polar surface area (TPSA) is 85.1 Å². The fourth-order valence-corrected chi connectivity index (χ4v) is 4.03. The van der Waals surface area contributed by atoms with Crippen molar-refractivity contribution in [2.75, 3.05) is 11.1 Å². The molecule has 114 valence electrons. The van der Waals surface area contributed by atoms with Gasteiger partial charge in [-0.05, 0) is 31.5 Å². The van der Waals surface area contributed by atoms with Crippen LogP contribution in [0.4, 0.5) is 10.8 Å². The van der Waals surface area contributed by atoms with Crippen molar-refractivity contribution in [3.63, 3.8) is 0 Å². The summed E-state index contributed by atoms with van der Waals surface area (Å²) in [6.07, 6.45) is 0.782. The molecule has 7 heteroatoms. The zero-order chi connectivity index (χ0) is 15.6. The average molecular weight is 325 g/mol. The largest absolute Gasteiger partial charge is 0.399 e. The normalized spacial score (nSPS) is 15.6. The monoisotopic (exact) mass is 325 g/mol. The van der Waals surface area contributed by atoms with Crippen molar-refractivity contribution < 1.29 is 9.00 Å². The zero-order valence-electron chi connectivity index (χ0n) is 12.3. The van der Waals surface area contributed by atoms with Crippen molar-refractivity contribution in [3.8, 4) is 0 Å². The Morgan fingerprint density at radius 2 is 2.19 bits per heavy atom. The number of nitrogen functional groups attached to an aromatic ring is 1. The molecule has 3 atom stereocenters. The van der Waals surface area contributed by atoms with Gasteiger partial charge >= 0.3 is 0 Å². The molecule has 1 aromatic heterocycles. The molecule has 3 N–H and O–H groups in total. The van der Waals surface area contributed by atoms with Gasteiger partial charge in [-0.2, -0.15) is 0 Å². The van der Waals surface area contributed by atoms with E-state index in [-0.39, 0.29) is 11.2 Å². The summed E-state index contributed by atoms with van der Waals surface area (Å²) in [5.74, 6) is -0.263. The van der Waals surface area contributed by atoms with E-state index in [0.29, 0.717) is 10.8 Å². The maximum Gasteiger partial charge on any atom is 0.241 e. The molecule has 0 aliphatic heterocycles. The van der Waals surface area contributed by atoms with Crippen LogP contribution in [0, 0.1) is 0 Å². The van der Waals surface area contributed by atoms with E-state index in [1.807, 2.05) is 26.0 Å². The predicted molar refractivity (Wildman–Crippen MR) is 90.0 cm³/mol. The van der Waals surface area contributed by atoms with Gasteiger partial charge in [0.25, 0.3) is 0 Å². The van der Waals surface area contributed by atoms with E-state index in [1.165, 1.54) is 11.3 Å². The number of thiazole rings is 1. The summed E-state index contributed by atoms with van der Waals surface area (Å²) < 4.78 is 13.1. The number of anilines is 2. The number of amides is 1. The number of hydrogen-bond acceptors (Lipinski definition) is 5. The minimum atomic E-state index is -1.19. The van der Waals surface area contributed by atoms with Gasteiger partial charge in [-0.15, -0.1) is 0 Å². The molecule has 2 rings (SSSR count). The van der Waals surface area contributed by atoms with E-state index >= 15 is 0 Å². The van der Waals surface area contributed by atoms with E-state index in [9.17, 15) is 9.00 Å². The molecule has 0 spiro atoms. The summed E-state index contributed by atoms with van der Waals surface area (Å²) >= 11 is 1.36. The first-order valence-corrected chi connectivity index (χ1v) is 8.88. The third kappa shape index (κ3) is 3.59. The standard InChI is InChI=1S/C14H19N3O2S2/c1-4-8(2)21(19)9(3)13(18)17-14-16-11-6-5-10(15)7-12(11)20-14/h5-9H,4,15H2,1-3H3,(H,16,17,18). The number of carbonyl (C=O) groups is 1. The molecule has 0 radical (unpaired) electrons. The molecule has 1 amide bonds. The molecule has 5 nitrogen and oxygen atoms in total. The fraction of sp³-hybridized carbons (Fsp3) is 0.429. The molecule has 3 unspecified atom stereocenters. The maximum atomic E-state index is 12.2. The zero-order valence-corrected chi connectivity index (χ0v) is 13.9. The molecular formula is C14H19N3O2S2. The highest BCUT2D eigenvalue weighted by Crippen LogP contribution is 2.27. The van der Waals surface area contributed by atoms with E-state index in [2.05, 4.69) is 10.3 Å². The molecule has 21 heavy (non-hydrogen) atoms. The second kappa shape index (κ2) is 6.53. The summed E-state index contributed by atoms with van der Waals surface area (Å²) in [5, 5.41) is 2.70. The van der Waals surface area contributed by atoms with Gasteiger partial charge in [-0.25, -0.2) is 4.98 Å². The molecule has 0 aliphatic rings. The van der Waals surface area contributed by atoms with E-state index < -0.39 is 16.0 Å². The van der Waals surface area contributed by atoms with Crippen molar-refractivity contribution in [1.29, 1.82) is 0 Å². The second-order valence-corrected chi connectivity index (χ2v) is 8.12. The quantitative estimate of drug-likeness (QED) is 0.828. The maximum absolute atomic E-state index is 12.2. The number of carbonyl (C=O) groups excluding carboxylic acids is 1. The Kier molecular flexibility index (Phi) is 4.95. The number of aromatic nitrogens is 1. The van der Waals surface area contributed by atoms with Crippen LogP contribution in [0.2, 0.25) is 0 Å². The Morgan fingerprint density at radius 3 is 2.86 bits per heavy atom. The Hall–Kier alpha value is -1.47. The number of benzene rings is 1. The van der Waals surface area contributed by atoms with E-state index in [1.54, 1.807) is 13.0 Å². The number of nitrogens with zero attached hydrogens (tertiary/aromatic N) is 1. The number of rotatable bonds is 5. The van der Waals surface area contributed by atoms with Gasteiger partial charge < -0.3 is 11.1 Å². The number of nitrogens with one attached hydrogen (secondary N) is 1. The van der Waals surface area contributed by atoms with Crippen molar-refractivity contribution in [3.05, 3.63) is 18.2 Å². The van der Waals surface area contributed by atoms with Gasteiger partial charge in [0, 0.05) is 21.7 Å². The minimum absolute atomic E-state index is 0.000848. The van der Waals surface area contributed by atoms with Crippen LogP contribution in [-0.2, 0) is 15.6 Å². The minimum Gasteiger partial charge on any atom is -0.399 e.